The van der Waals surface area contributed by atoms with E-state index in [4.69, 9.17) is 20.9 Å². The van der Waals surface area contributed by atoms with Crippen molar-refractivity contribution in [3.05, 3.63) is 65.0 Å². The number of hydrogen-bond donors (Lipinski definition) is 0. The van der Waals surface area contributed by atoms with Gasteiger partial charge in [-0.05, 0) is 29.8 Å². The van der Waals surface area contributed by atoms with Gasteiger partial charge in [-0.15, -0.1) is 0 Å². The average molecular weight is 301 g/mol. The number of nitrogens with zero attached hydrogens (tertiary/aromatic N) is 2. The fourth-order valence-corrected chi connectivity index (χ4v) is 2.11. The van der Waals surface area contributed by atoms with Crippen LogP contribution in [0.5, 0.6) is 5.75 Å². The lowest BCUT2D eigenvalue weighted by atomic mass is 10.1. The minimum Gasteiger partial charge on any atom is -0.497 e. The molecule has 0 aliphatic carbocycles. The van der Waals surface area contributed by atoms with E-state index < -0.39 is 0 Å². The number of methoxy groups -OCH3 is 1. The molecule has 0 atom stereocenters. The van der Waals surface area contributed by atoms with Crippen molar-refractivity contribution in [1.29, 1.82) is 0 Å². The molecule has 4 nitrogen and oxygen atoms in total. The van der Waals surface area contributed by atoms with Gasteiger partial charge in [-0.1, -0.05) is 41.0 Å². The Kier molecular flexibility index (Phi) is 3.88. The summed E-state index contributed by atoms with van der Waals surface area (Å²) in [4.78, 5) is 4.41. The van der Waals surface area contributed by atoms with Gasteiger partial charge in [0, 0.05) is 10.6 Å². The summed E-state index contributed by atoms with van der Waals surface area (Å²) in [7, 11) is 1.63. The van der Waals surface area contributed by atoms with Crippen LogP contribution >= 0.6 is 11.6 Å². The zero-order chi connectivity index (χ0) is 14.7. The maximum Gasteiger partial charge on any atom is 0.231 e. The van der Waals surface area contributed by atoms with Crippen LogP contribution in [-0.4, -0.2) is 17.3 Å². The zero-order valence-corrected chi connectivity index (χ0v) is 12.2. The van der Waals surface area contributed by atoms with Crippen molar-refractivity contribution < 1.29 is 9.26 Å². The number of hydrogen-bond acceptors (Lipinski definition) is 4. The minimum atomic E-state index is 0.554. The normalized spacial score (nSPS) is 10.6. The Bertz CT molecular complexity index is 738. The summed E-state index contributed by atoms with van der Waals surface area (Å²) in [6.45, 7) is 0. The predicted octanol–water partition coefficient (Wildman–Crippen LogP) is 3.99. The van der Waals surface area contributed by atoms with Crippen LogP contribution in [0.25, 0.3) is 11.4 Å². The van der Waals surface area contributed by atoms with Crippen molar-refractivity contribution in [2.75, 3.05) is 7.11 Å². The van der Waals surface area contributed by atoms with Gasteiger partial charge in [0.05, 0.1) is 13.5 Å². The second kappa shape index (κ2) is 5.97. The summed E-state index contributed by atoms with van der Waals surface area (Å²) in [6, 6.07) is 15.1. The van der Waals surface area contributed by atoms with Crippen molar-refractivity contribution in [2.45, 2.75) is 6.42 Å². The molecule has 0 saturated heterocycles. The summed E-state index contributed by atoms with van der Waals surface area (Å²) in [5, 5.41) is 4.72. The molecule has 0 unspecified atom stereocenters. The van der Waals surface area contributed by atoms with Gasteiger partial charge in [0.25, 0.3) is 0 Å². The molecule has 2 aromatic carbocycles. The third kappa shape index (κ3) is 3.23. The van der Waals surface area contributed by atoms with E-state index in [9.17, 15) is 0 Å². The summed E-state index contributed by atoms with van der Waals surface area (Å²) in [6.07, 6.45) is 0.578. The Labute approximate surface area is 127 Å². The van der Waals surface area contributed by atoms with E-state index in [-0.39, 0.29) is 0 Å². The lowest BCUT2D eigenvalue weighted by molar-refractivity contribution is 0.385. The van der Waals surface area contributed by atoms with Gasteiger partial charge in [-0.25, -0.2) is 0 Å². The third-order valence-electron chi connectivity index (χ3n) is 3.06. The summed E-state index contributed by atoms with van der Waals surface area (Å²) in [5.41, 5.74) is 1.93. The zero-order valence-electron chi connectivity index (χ0n) is 11.4. The van der Waals surface area contributed by atoms with E-state index in [0.717, 1.165) is 16.9 Å². The monoisotopic (exact) mass is 300 g/mol. The van der Waals surface area contributed by atoms with Gasteiger partial charge in [-0.2, -0.15) is 4.98 Å². The Morgan fingerprint density at radius 2 is 1.95 bits per heavy atom. The smallest absolute Gasteiger partial charge is 0.231 e. The molecule has 1 aromatic heterocycles. The molecule has 0 N–H and O–H groups in total. The molecule has 0 bridgehead atoms. The van der Waals surface area contributed by atoms with Crippen molar-refractivity contribution in [3.63, 3.8) is 0 Å². The van der Waals surface area contributed by atoms with Crippen molar-refractivity contribution in [1.82, 2.24) is 10.1 Å². The Hall–Kier alpha value is -2.33. The van der Waals surface area contributed by atoms with E-state index in [0.29, 0.717) is 23.2 Å². The molecule has 0 aliphatic heterocycles. The van der Waals surface area contributed by atoms with Crippen LogP contribution in [0.15, 0.2) is 53.1 Å². The van der Waals surface area contributed by atoms with Gasteiger partial charge < -0.3 is 9.26 Å². The van der Waals surface area contributed by atoms with Gasteiger partial charge in [0.2, 0.25) is 11.7 Å². The number of halogens is 1. The van der Waals surface area contributed by atoms with Crippen LogP contribution in [0, 0.1) is 0 Å². The van der Waals surface area contributed by atoms with Gasteiger partial charge in [-0.3, -0.25) is 0 Å². The highest BCUT2D eigenvalue weighted by Gasteiger charge is 2.10. The molecule has 3 rings (SSSR count). The van der Waals surface area contributed by atoms with Crippen LogP contribution in [0.4, 0.5) is 0 Å². The second-order valence-electron chi connectivity index (χ2n) is 4.55. The molecule has 21 heavy (non-hydrogen) atoms. The molecular formula is C16H13ClN2O2. The number of rotatable bonds is 4. The fraction of sp³-hybridized carbons (Fsp3) is 0.125. The highest BCUT2D eigenvalue weighted by Crippen LogP contribution is 2.22. The van der Waals surface area contributed by atoms with E-state index >= 15 is 0 Å². The van der Waals surface area contributed by atoms with Gasteiger partial charge in [0.1, 0.15) is 5.75 Å². The van der Waals surface area contributed by atoms with Crippen LogP contribution in [0.1, 0.15) is 11.5 Å². The topological polar surface area (TPSA) is 48.2 Å². The highest BCUT2D eigenvalue weighted by atomic mass is 35.5. The summed E-state index contributed by atoms with van der Waals surface area (Å²) < 4.78 is 10.5. The maximum atomic E-state index is 5.86. The fourth-order valence-electron chi connectivity index (χ4n) is 1.98. The quantitative estimate of drug-likeness (QED) is 0.731. The lowest BCUT2D eigenvalue weighted by Crippen LogP contribution is -1.88. The molecule has 0 fully saturated rings. The van der Waals surface area contributed by atoms with E-state index in [1.807, 2.05) is 48.5 Å². The third-order valence-corrected chi connectivity index (χ3v) is 3.32. The SMILES string of the molecule is COc1cccc(-c2noc(Cc3ccc(Cl)cc3)n2)c1. The second-order valence-corrected chi connectivity index (χ2v) is 4.98. The molecule has 1 heterocycles. The minimum absolute atomic E-state index is 0.554. The first-order valence-corrected chi connectivity index (χ1v) is 6.84. The summed E-state index contributed by atoms with van der Waals surface area (Å²) >= 11 is 5.86. The Balaban J connectivity index is 1.81. The van der Waals surface area contributed by atoms with Gasteiger partial charge >= 0.3 is 0 Å². The molecule has 5 heteroatoms. The Morgan fingerprint density at radius 3 is 2.71 bits per heavy atom. The predicted molar refractivity (Wildman–Crippen MR) is 80.5 cm³/mol. The van der Waals surface area contributed by atoms with Crippen LogP contribution in [0.3, 0.4) is 0 Å². The first-order chi connectivity index (χ1) is 10.2. The molecule has 0 amide bonds. The highest BCUT2D eigenvalue weighted by molar-refractivity contribution is 6.30. The van der Waals surface area contributed by atoms with Crippen molar-refractivity contribution in [2.24, 2.45) is 0 Å². The molecule has 106 valence electrons. The standard InChI is InChI=1S/C16H13ClN2O2/c1-20-14-4-2-3-12(10-14)16-18-15(21-19-16)9-11-5-7-13(17)8-6-11/h2-8,10H,9H2,1H3. The molecule has 3 aromatic rings. The van der Waals surface area contributed by atoms with Crippen LogP contribution in [-0.2, 0) is 6.42 Å². The molecular weight excluding hydrogens is 288 g/mol. The first-order valence-electron chi connectivity index (χ1n) is 6.46. The van der Waals surface area contributed by atoms with E-state index in [2.05, 4.69) is 10.1 Å². The van der Waals surface area contributed by atoms with Crippen LogP contribution < -0.4 is 4.74 Å². The van der Waals surface area contributed by atoms with Crippen molar-refractivity contribution >= 4 is 11.6 Å². The first kappa shape index (κ1) is 13.6. The maximum absolute atomic E-state index is 5.86. The molecule has 0 aliphatic rings. The van der Waals surface area contributed by atoms with E-state index in [1.165, 1.54) is 0 Å². The van der Waals surface area contributed by atoms with Crippen LogP contribution in [0.2, 0.25) is 5.02 Å². The van der Waals surface area contributed by atoms with Gasteiger partial charge in [0.15, 0.2) is 0 Å². The lowest BCUT2D eigenvalue weighted by Gasteiger charge is -1.99. The molecule has 0 radical (unpaired) electrons. The number of ether oxygens (including phenoxy) is 1. The largest absolute Gasteiger partial charge is 0.497 e. The number of aromatic nitrogens is 2. The van der Waals surface area contributed by atoms with E-state index in [1.54, 1.807) is 7.11 Å². The Morgan fingerprint density at radius 1 is 1.14 bits per heavy atom. The summed E-state index contributed by atoms with van der Waals surface area (Å²) in [5.74, 6) is 1.88. The average Bonchev–Trinajstić information content (AvgIpc) is 2.98. The molecule has 0 spiro atoms. The number of benzene rings is 2. The molecule has 0 saturated carbocycles. The van der Waals surface area contributed by atoms with Crippen molar-refractivity contribution in [3.8, 4) is 17.1 Å².